The minimum atomic E-state index is -3.62. The predicted molar refractivity (Wildman–Crippen MR) is 77.6 cm³/mol. The Kier molecular flexibility index (Phi) is 4.82. The summed E-state index contributed by atoms with van der Waals surface area (Å²) in [5, 5.41) is 10.2. The number of hydrogen-bond donors (Lipinski definition) is 2. The molecule has 7 heteroatoms. The van der Waals surface area contributed by atoms with Gasteiger partial charge in [0.15, 0.2) is 0 Å². The summed E-state index contributed by atoms with van der Waals surface area (Å²) in [4.78, 5) is 10.9. The van der Waals surface area contributed by atoms with Gasteiger partial charge in [0.1, 0.15) is 4.88 Å². The Bertz CT molecular complexity index is 573. The van der Waals surface area contributed by atoms with Crippen LogP contribution in [0.4, 0.5) is 0 Å². The number of thiophene rings is 1. The van der Waals surface area contributed by atoms with Crippen molar-refractivity contribution in [2.45, 2.75) is 50.0 Å². The molecular weight excluding hydrogens is 298 g/mol. The molecule has 2 rings (SSSR count). The fraction of sp³-hybridized carbons (Fsp3) is 0.615. The van der Waals surface area contributed by atoms with Gasteiger partial charge in [-0.2, -0.15) is 0 Å². The molecule has 0 saturated heterocycles. The molecule has 0 aromatic carbocycles. The van der Waals surface area contributed by atoms with Crippen molar-refractivity contribution in [3.63, 3.8) is 0 Å². The fourth-order valence-electron chi connectivity index (χ4n) is 2.62. The highest BCUT2D eigenvalue weighted by Gasteiger charge is 2.26. The van der Waals surface area contributed by atoms with Gasteiger partial charge in [0.25, 0.3) is 0 Å². The molecule has 1 aliphatic carbocycles. The third kappa shape index (κ3) is 3.59. The second kappa shape index (κ2) is 6.24. The number of rotatable bonds is 5. The van der Waals surface area contributed by atoms with Crippen molar-refractivity contribution in [2.75, 3.05) is 0 Å². The lowest BCUT2D eigenvalue weighted by atomic mass is 9.85. The van der Waals surface area contributed by atoms with Crippen LogP contribution in [0.3, 0.4) is 0 Å². The summed E-state index contributed by atoms with van der Waals surface area (Å²) in [6.07, 6.45) is 5.63. The first-order valence-electron chi connectivity index (χ1n) is 6.74. The zero-order valence-corrected chi connectivity index (χ0v) is 13.0. The lowest BCUT2D eigenvalue weighted by molar-refractivity contribution is 0.0702. The molecule has 1 aromatic heterocycles. The van der Waals surface area contributed by atoms with Gasteiger partial charge in [-0.05, 0) is 31.7 Å². The molecule has 0 radical (unpaired) electrons. The Labute approximate surface area is 123 Å². The first-order valence-corrected chi connectivity index (χ1v) is 9.10. The van der Waals surface area contributed by atoms with Crippen LogP contribution in [0.2, 0.25) is 0 Å². The smallest absolute Gasteiger partial charge is 0.345 e. The third-order valence-electron chi connectivity index (χ3n) is 3.79. The van der Waals surface area contributed by atoms with E-state index in [0.717, 1.165) is 37.0 Å². The van der Waals surface area contributed by atoms with Crippen molar-refractivity contribution in [1.29, 1.82) is 0 Å². The Morgan fingerprint density at radius 2 is 2.05 bits per heavy atom. The van der Waals surface area contributed by atoms with E-state index in [1.807, 2.05) is 6.92 Å². The van der Waals surface area contributed by atoms with Crippen LogP contribution >= 0.6 is 11.3 Å². The van der Waals surface area contributed by atoms with Crippen molar-refractivity contribution in [3.8, 4) is 0 Å². The van der Waals surface area contributed by atoms with Gasteiger partial charge in [-0.25, -0.2) is 17.9 Å². The standard InChI is InChI=1S/C13H19NO4S2/c1-9(10-5-3-2-4-6-10)14-20(17,18)11-7-12(13(15)16)19-8-11/h7-10,14H,2-6H2,1H3,(H,15,16)/t9-/m0/s1. The Balaban J connectivity index is 2.07. The average molecular weight is 317 g/mol. The summed E-state index contributed by atoms with van der Waals surface area (Å²) in [5.41, 5.74) is 0. The van der Waals surface area contributed by atoms with Gasteiger partial charge in [0.05, 0.1) is 4.90 Å². The highest BCUT2D eigenvalue weighted by molar-refractivity contribution is 7.89. The lowest BCUT2D eigenvalue weighted by Crippen LogP contribution is -2.38. The Hall–Kier alpha value is -0.920. The largest absolute Gasteiger partial charge is 0.477 e. The van der Waals surface area contributed by atoms with E-state index in [9.17, 15) is 13.2 Å². The first kappa shape index (κ1) is 15.5. The van der Waals surface area contributed by atoms with Gasteiger partial charge in [0, 0.05) is 11.4 Å². The van der Waals surface area contributed by atoms with Crippen LogP contribution in [0.1, 0.15) is 48.7 Å². The number of nitrogens with one attached hydrogen (secondary N) is 1. The van der Waals surface area contributed by atoms with Crippen molar-refractivity contribution in [3.05, 3.63) is 16.3 Å². The van der Waals surface area contributed by atoms with E-state index in [2.05, 4.69) is 4.72 Å². The average Bonchev–Trinajstić information content (AvgIpc) is 2.90. The highest BCUT2D eigenvalue weighted by Crippen LogP contribution is 2.27. The minimum Gasteiger partial charge on any atom is -0.477 e. The first-order chi connectivity index (χ1) is 9.40. The maximum absolute atomic E-state index is 12.2. The Morgan fingerprint density at radius 3 is 2.60 bits per heavy atom. The normalized spacial score (nSPS) is 18.9. The molecule has 2 N–H and O–H groups in total. The van der Waals surface area contributed by atoms with E-state index in [1.54, 1.807) is 0 Å². The molecule has 1 fully saturated rings. The van der Waals surface area contributed by atoms with Crippen molar-refractivity contribution >= 4 is 27.3 Å². The highest BCUT2D eigenvalue weighted by atomic mass is 32.2. The SMILES string of the molecule is C[C@H](NS(=O)(=O)c1csc(C(=O)O)c1)C1CCCCC1. The lowest BCUT2D eigenvalue weighted by Gasteiger charge is -2.27. The zero-order chi connectivity index (χ0) is 14.8. The molecule has 5 nitrogen and oxygen atoms in total. The summed E-state index contributed by atoms with van der Waals surface area (Å²) in [6, 6.07) is 1.09. The van der Waals surface area contributed by atoms with Crippen LogP contribution in [0, 0.1) is 5.92 Å². The topological polar surface area (TPSA) is 83.5 Å². The molecule has 0 bridgehead atoms. The number of carboxylic acid groups (broad SMARTS) is 1. The molecule has 1 aliphatic rings. The van der Waals surface area contributed by atoms with Gasteiger partial charge in [-0.3, -0.25) is 0 Å². The molecule has 0 spiro atoms. The van der Waals surface area contributed by atoms with Gasteiger partial charge >= 0.3 is 5.97 Å². The second-order valence-corrected chi connectivity index (χ2v) is 7.89. The molecule has 0 aliphatic heterocycles. The number of hydrogen-bond acceptors (Lipinski definition) is 4. The summed E-state index contributed by atoms with van der Waals surface area (Å²) >= 11 is 0.928. The maximum Gasteiger partial charge on any atom is 0.345 e. The van der Waals surface area contributed by atoms with E-state index < -0.39 is 16.0 Å². The Morgan fingerprint density at radius 1 is 1.40 bits per heavy atom. The molecule has 1 aromatic rings. The minimum absolute atomic E-state index is 0.0377. The summed E-state index contributed by atoms with van der Waals surface area (Å²) < 4.78 is 27.1. The number of carbonyl (C=O) groups is 1. The fourth-order valence-corrected chi connectivity index (χ4v) is 5.04. The number of aromatic carboxylic acids is 1. The molecule has 1 saturated carbocycles. The van der Waals surface area contributed by atoms with Crippen LogP contribution in [0.15, 0.2) is 16.3 Å². The van der Waals surface area contributed by atoms with Crippen LogP contribution < -0.4 is 4.72 Å². The summed E-state index contributed by atoms with van der Waals surface area (Å²) in [6.45, 7) is 1.89. The van der Waals surface area contributed by atoms with Gasteiger partial charge < -0.3 is 5.11 Å². The predicted octanol–water partition coefficient (Wildman–Crippen LogP) is 2.69. The third-order valence-corrected chi connectivity index (χ3v) is 6.40. The van der Waals surface area contributed by atoms with Gasteiger partial charge in [-0.15, -0.1) is 11.3 Å². The molecule has 1 heterocycles. The summed E-state index contributed by atoms with van der Waals surface area (Å²) in [5.74, 6) is -0.729. The van der Waals surface area contributed by atoms with Crippen molar-refractivity contribution in [1.82, 2.24) is 4.72 Å². The number of carboxylic acids is 1. The quantitative estimate of drug-likeness (QED) is 0.874. The van der Waals surface area contributed by atoms with E-state index in [0.29, 0.717) is 5.92 Å². The molecule has 1 atom stereocenters. The molecule has 0 amide bonds. The molecule has 0 unspecified atom stereocenters. The molecule has 20 heavy (non-hydrogen) atoms. The van der Waals surface area contributed by atoms with E-state index in [-0.39, 0.29) is 15.8 Å². The maximum atomic E-state index is 12.2. The van der Waals surface area contributed by atoms with Crippen LogP contribution in [0.25, 0.3) is 0 Å². The van der Waals surface area contributed by atoms with E-state index in [4.69, 9.17) is 5.11 Å². The molecule has 112 valence electrons. The number of sulfonamides is 1. The zero-order valence-electron chi connectivity index (χ0n) is 11.3. The van der Waals surface area contributed by atoms with Crippen LogP contribution in [-0.2, 0) is 10.0 Å². The van der Waals surface area contributed by atoms with Crippen LogP contribution in [0.5, 0.6) is 0 Å². The van der Waals surface area contributed by atoms with Gasteiger partial charge in [0.2, 0.25) is 10.0 Å². The summed E-state index contributed by atoms with van der Waals surface area (Å²) in [7, 11) is -3.62. The second-order valence-electron chi connectivity index (χ2n) is 5.26. The van der Waals surface area contributed by atoms with Crippen molar-refractivity contribution < 1.29 is 18.3 Å². The molecular formula is C13H19NO4S2. The van der Waals surface area contributed by atoms with Crippen molar-refractivity contribution in [2.24, 2.45) is 5.92 Å². The van der Waals surface area contributed by atoms with Gasteiger partial charge in [-0.1, -0.05) is 19.3 Å². The monoisotopic (exact) mass is 317 g/mol. The van der Waals surface area contributed by atoms with Crippen LogP contribution in [-0.4, -0.2) is 25.5 Å². The van der Waals surface area contributed by atoms with E-state index >= 15 is 0 Å². The van der Waals surface area contributed by atoms with E-state index in [1.165, 1.54) is 17.9 Å².